The lowest BCUT2D eigenvalue weighted by Gasteiger charge is -2.19. The normalized spacial score (nSPS) is 11.9. The van der Waals surface area contributed by atoms with E-state index in [-0.39, 0.29) is 55.3 Å². The Kier molecular flexibility index (Phi) is 23.1. The van der Waals surface area contributed by atoms with Crippen LogP contribution in [-0.4, -0.2) is 80.6 Å². The van der Waals surface area contributed by atoms with Crippen molar-refractivity contribution in [1.29, 1.82) is 0 Å². The molecule has 0 aliphatic carbocycles. The topological polar surface area (TPSA) is 271 Å². The minimum atomic E-state index is -0.779. The SMILES string of the molecule is C/C(N)=N/N=C(\N)c1ccc(CC(=O)NCC(=O)NC(CCCCNC(=O)CCN)C(=O)NCCCN)cc1.CCCCN. The number of carbonyl (C=O) groups is 4. The van der Waals surface area contributed by atoms with Crippen LogP contribution in [0.3, 0.4) is 0 Å². The largest absolute Gasteiger partial charge is 0.386 e. The van der Waals surface area contributed by atoms with Crippen LogP contribution in [0.25, 0.3) is 0 Å². The quantitative estimate of drug-likeness (QED) is 0.0361. The number of hydrogen-bond acceptors (Lipinski definition) is 9. The van der Waals surface area contributed by atoms with Gasteiger partial charge in [-0.25, -0.2) is 0 Å². The number of rotatable bonds is 20. The van der Waals surface area contributed by atoms with Crippen LogP contribution < -0.4 is 49.9 Å². The third-order valence-electron chi connectivity index (χ3n) is 5.88. The van der Waals surface area contributed by atoms with Crippen LogP contribution in [0.15, 0.2) is 34.5 Å². The highest BCUT2D eigenvalue weighted by Crippen LogP contribution is 2.06. The molecule has 0 aromatic heterocycles. The van der Waals surface area contributed by atoms with Gasteiger partial charge in [-0.15, -0.1) is 10.2 Å². The summed E-state index contributed by atoms with van der Waals surface area (Å²) in [7, 11) is 0. The second kappa shape index (κ2) is 25.4. The van der Waals surface area contributed by atoms with E-state index in [2.05, 4.69) is 38.4 Å². The lowest BCUT2D eigenvalue weighted by Crippen LogP contribution is -2.49. The highest BCUT2D eigenvalue weighted by molar-refractivity contribution is 5.98. The highest BCUT2D eigenvalue weighted by Gasteiger charge is 2.20. The number of unbranched alkanes of at least 4 members (excludes halogenated alkanes) is 2. The van der Waals surface area contributed by atoms with Gasteiger partial charge < -0.3 is 49.9 Å². The van der Waals surface area contributed by atoms with Gasteiger partial charge in [-0.2, -0.15) is 0 Å². The molecule has 15 heteroatoms. The van der Waals surface area contributed by atoms with Gasteiger partial charge in [0.2, 0.25) is 23.6 Å². The molecule has 0 aliphatic rings. The van der Waals surface area contributed by atoms with Gasteiger partial charge in [-0.1, -0.05) is 37.6 Å². The molecule has 0 heterocycles. The summed E-state index contributed by atoms with van der Waals surface area (Å²) in [5.74, 6) is -0.846. The highest BCUT2D eigenvalue weighted by atomic mass is 16.2. The predicted octanol–water partition coefficient (Wildman–Crippen LogP) is -1.33. The standard InChI is InChI=1S/C25H42N10O4.C4H11N/c1-17(28)34-35-24(29)19-8-6-18(7-9-19)15-22(37)32-16-23(38)33-20(25(39)31-14-4-11-26)5-2-3-13-30-21(36)10-12-27;1-2-3-4-5/h6-9,20H,2-5,10-16,26-27H2,1H3,(H2,28,34)(H2,29,35)(H,30,36)(H,31,39)(H,32,37)(H,33,38);2-5H2,1H3. The fourth-order valence-corrected chi connectivity index (χ4v) is 3.49. The fraction of sp³-hybridized carbons (Fsp3) is 0.586. The summed E-state index contributed by atoms with van der Waals surface area (Å²) in [6, 6.07) is 6.06. The molecule has 0 radical (unpaired) electrons. The average molecular weight is 620 g/mol. The lowest BCUT2D eigenvalue weighted by atomic mass is 10.1. The molecule has 1 aromatic rings. The van der Waals surface area contributed by atoms with Crippen molar-refractivity contribution in [2.75, 3.05) is 39.3 Å². The van der Waals surface area contributed by atoms with Gasteiger partial charge in [0.25, 0.3) is 0 Å². The van der Waals surface area contributed by atoms with Gasteiger partial charge in [0.05, 0.1) is 13.0 Å². The first-order valence-electron chi connectivity index (χ1n) is 15.0. The van der Waals surface area contributed by atoms with Gasteiger partial charge in [0.1, 0.15) is 11.9 Å². The second-order valence-electron chi connectivity index (χ2n) is 9.96. The molecular formula is C29H53N11O4. The summed E-state index contributed by atoms with van der Waals surface area (Å²) in [5, 5.41) is 18.3. The van der Waals surface area contributed by atoms with Crippen molar-refractivity contribution in [3.8, 4) is 0 Å². The van der Waals surface area contributed by atoms with Crippen LogP contribution >= 0.6 is 0 Å². The van der Waals surface area contributed by atoms with Crippen molar-refractivity contribution >= 4 is 35.3 Å². The summed E-state index contributed by atoms with van der Waals surface area (Å²) in [5.41, 5.74) is 28.6. The number of nitrogens with one attached hydrogen (secondary N) is 4. The van der Waals surface area contributed by atoms with E-state index in [0.29, 0.717) is 56.4 Å². The molecule has 44 heavy (non-hydrogen) atoms. The van der Waals surface area contributed by atoms with E-state index in [4.69, 9.17) is 28.7 Å². The Bertz CT molecular complexity index is 1040. The van der Waals surface area contributed by atoms with Crippen LogP contribution in [0.2, 0.25) is 0 Å². The van der Waals surface area contributed by atoms with Gasteiger partial charge in [-0.05, 0) is 57.7 Å². The van der Waals surface area contributed by atoms with Crippen molar-refractivity contribution in [3.05, 3.63) is 35.4 Å². The Morgan fingerprint density at radius 1 is 0.773 bits per heavy atom. The molecule has 0 bridgehead atoms. The summed E-state index contributed by atoms with van der Waals surface area (Å²) < 4.78 is 0. The lowest BCUT2D eigenvalue weighted by molar-refractivity contribution is -0.129. The monoisotopic (exact) mass is 619 g/mol. The van der Waals surface area contributed by atoms with Gasteiger partial charge in [-0.3, -0.25) is 19.2 Å². The number of nitrogens with zero attached hydrogens (tertiary/aromatic N) is 2. The summed E-state index contributed by atoms with van der Waals surface area (Å²) in [4.78, 5) is 48.9. The molecule has 0 saturated carbocycles. The van der Waals surface area contributed by atoms with Crippen molar-refractivity contribution in [2.45, 2.75) is 71.3 Å². The Labute approximate surface area is 260 Å². The maximum absolute atomic E-state index is 12.6. The summed E-state index contributed by atoms with van der Waals surface area (Å²) in [6.45, 7) is 5.83. The number of amides is 4. The zero-order valence-electron chi connectivity index (χ0n) is 26.2. The Morgan fingerprint density at radius 3 is 2.00 bits per heavy atom. The minimum Gasteiger partial charge on any atom is -0.386 e. The van der Waals surface area contributed by atoms with E-state index in [1.165, 1.54) is 12.8 Å². The first kappa shape index (κ1) is 39.9. The number of benzene rings is 1. The van der Waals surface area contributed by atoms with Crippen molar-refractivity contribution < 1.29 is 19.2 Å². The molecule has 248 valence electrons. The van der Waals surface area contributed by atoms with Gasteiger partial charge in [0, 0.05) is 31.6 Å². The van der Waals surface area contributed by atoms with Gasteiger partial charge >= 0.3 is 0 Å². The molecule has 0 fully saturated rings. The second-order valence-corrected chi connectivity index (χ2v) is 9.96. The number of amidine groups is 2. The molecule has 1 unspecified atom stereocenters. The smallest absolute Gasteiger partial charge is 0.242 e. The van der Waals surface area contributed by atoms with Gasteiger partial charge in [0.15, 0.2) is 5.84 Å². The predicted molar refractivity (Wildman–Crippen MR) is 174 cm³/mol. The first-order chi connectivity index (χ1) is 21.1. The van der Waals surface area contributed by atoms with E-state index < -0.39 is 11.9 Å². The third kappa shape index (κ3) is 20.7. The van der Waals surface area contributed by atoms with E-state index in [1.54, 1.807) is 31.2 Å². The maximum atomic E-state index is 12.6. The summed E-state index contributed by atoms with van der Waals surface area (Å²) in [6.07, 6.45) is 4.89. The molecule has 0 saturated heterocycles. The molecule has 14 N–H and O–H groups in total. The summed E-state index contributed by atoms with van der Waals surface area (Å²) >= 11 is 0. The van der Waals surface area contributed by atoms with Crippen LogP contribution in [0, 0.1) is 0 Å². The van der Waals surface area contributed by atoms with Crippen molar-refractivity contribution in [1.82, 2.24) is 21.3 Å². The maximum Gasteiger partial charge on any atom is 0.242 e. The van der Waals surface area contributed by atoms with E-state index in [1.807, 2.05) is 0 Å². The third-order valence-corrected chi connectivity index (χ3v) is 5.88. The Hall–Kier alpha value is -4.08. The fourth-order valence-electron chi connectivity index (χ4n) is 3.49. The molecule has 0 spiro atoms. The molecule has 1 rings (SSSR count). The molecule has 1 aromatic carbocycles. The minimum absolute atomic E-state index is 0.0452. The van der Waals surface area contributed by atoms with E-state index in [9.17, 15) is 19.2 Å². The van der Waals surface area contributed by atoms with E-state index in [0.717, 1.165) is 6.54 Å². The zero-order chi connectivity index (χ0) is 33.2. The average Bonchev–Trinajstić information content (AvgIpc) is 2.99. The molecule has 15 nitrogen and oxygen atoms in total. The van der Waals surface area contributed by atoms with Crippen LogP contribution in [0.1, 0.15) is 69.9 Å². The molecule has 1 atom stereocenters. The Morgan fingerprint density at radius 2 is 1.43 bits per heavy atom. The van der Waals surface area contributed by atoms with Crippen LogP contribution in [-0.2, 0) is 25.6 Å². The van der Waals surface area contributed by atoms with Crippen LogP contribution in [0.4, 0.5) is 0 Å². The van der Waals surface area contributed by atoms with Crippen molar-refractivity contribution in [2.24, 2.45) is 38.9 Å². The number of hydrogen-bond donors (Lipinski definition) is 9. The first-order valence-corrected chi connectivity index (χ1v) is 15.0. The zero-order valence-corrected chi connectivity index (χ0v) is 26.2. The molecule has 4 amide bonds. The number of carbonyl (C=O) groups excluding carboxylic acids is 4. The molecule has 0 aliphatic heterocycles. The Balaban J connectivity index is 0.00000340. The number of nitrogens with two attached hydrogens (primary N) is 5. The van der Waals surface area contributed by atoms with E-state index >= 15 is 0 Å². The molecular weight excluding hydrogens is 566 g/mol. The van der Waals surface area contributed by atoms with Crippen LogP contribution in [0.5, 0.6) is 0 Å². The van der Waals surface area contributed by atoms with Crippen molar-refractivity contribution in [3.63, 3.8) is 0 Å².